The van der Waals surface area contributed by atoms with Crippen LogP contribution in [-0.2, 0) is 62.3 Å². The van der Waals surface area contributed by atoms with Gasteiger partial charge in [0.25, 0.3) is 0 Å². The fourth-order valence-electron chi connectivity index (χ4n) is 17.1. The summed E-state index contributed by atoms with van der Waals surface area (Å²) in [7, 11) is 10.9. The highest BCUT2D eigenvalue weighted by Gasteiger charge is 2.56. The topological polar surface area (TPSA) is 279 Å². The van der Waals surface area contributed by atoms with Gasteiger partial charge in [0.2, 0.25) is 70.9 Å². The molecule has 0 aromatic rings. The molecule has 2 saturated heterocycles. The maximum Gasteiger partial charge on any atom is 0.397 e. The number of nitrogens with zero attached hydrogens (tertiary/aromatic N) is 9. The van der Waals surface area contributed by atoms with Crippen LogP contribution in [0.2, 0.25) is 0 Å². The van der Waals surface area contributed by atoms with Gasteiger partial charge in [-0.2, -0.15) is 26.3 Å². The van der Waals surface area contributed by atoms with Crippen LogP contribution in [0.1, 0.15) is 183 Å². The number of fused-ring (bicyclic) bond motifs is 3. The van der Waals surface area contributed by atoms with Gasteiger partial charge in [-0.05, 0) is 145 Å². The van der Waals surface area contributed by atoms with Crippen LogP contribution in [0.5, 0.6) is 0 Å². The Morgan fingerprint density at radius 3 is 1.81 bits per heavy atom. The van der Waals surface area contributed by atoms with E-state index in [1.54, 1.807) is 32.9 Å². The number of alkyl halides is 8. The Labute approximate surface area is 635 Å². The van der Waals surface area contributed by atoms with Crippen molar-refractivity contribution in [1.82, 2.24) is 60.0 Å². The van der Waals surface area contributed by atoms with Crippen molar-refractivity contribution in [3.05, 3.63) is 12.2 Å². The van der Waals surface area contributed by atoms with E-state index in [1.807, 2.05) is 20.8 Å². The van der Waals surface area contributed by atoms with Gasteiger partial charge in [0, 0.05) is 82.5 Å². The zero-order chi connectivity index (χ0) is 81.3. The number of carbonyl (C=O) groups excluding carboxylic acids is 12. The largest absolute Gasteiger partial charge is 0.397 e. The molecule has 12 atom stereocenters. The maximum absolute atomic E-state index is 15.5. The first-order valence-corrected chi connectivity index (χ1v) is 38.8. The first kappa shape index (κ1) is 89.0. The van der Waals surface area contributed by atoms with E-state index in [2.05, 4.69) is 16.0 Å². The van der Waals surface area contributed by atoms with Gasteiger partial charge in [-0.15, -0.1) is 0 Å². The van der Waals surface area contributed by atoms with Gasteiger partial charge in [-0.1, -0.05) is 66.0 Å². The first-order valence-electron chi connectivity index (χ1n) is 38.8. The average molecular weight is 1560 g/mol. The highest BCUT2D eigenvalue weighted by Crippen LogP contribution is 2.46. The minimum Gasteiger partial charge on any atom is -0.377 e. The molecule has 4 aliphatic carbocycles. The molecule has 4 saturated carbocycles. The quantitative estimate of drug-likeness (QED) is 0.135. The minimum atomic E-state index is -5.22. The smallest absolute Gasteiger partial charge is 0.377 e. The van der Waals surface area contributed by atoms with E-state index in [0.29, 0.717) is 38.5 Å². The second-order valence-electron chi connectivity index (χ2n) is 33.3. The van der Waals surface area contributed by atoms with Crippen molar-refractivity contribution in [3.8, 4) is 0 Å². The molecular formula is C76H118F8N12O13. The van der Waals surface area contributed by atoms with Gasteiger partial charge >= 0.3 is 12.4 Å². The summed E-state index contributed by atoms with van der Waals surface area (Å²) in [4.78, 5) is 192. The van der Waals surface area contributed by atoms with Crippen LogP contribution in [0.15, 0.2) is 12.2 Å². The lowest BCUT2D eigenvalue weighted by Gasteiger charge is -2.46. The van der Waals surface area contributed by atoms with Crippen molar-refractivity contribution in [3.63, 3.8) is 0 Å². The molecule has 3 heterocycles. The third-order valence-electron chi connectivity index (χ3n) is 24.0. The van der Waals surface area contributed by atoms with E-state index in [1.165, 1.54) is 71.1 Å². The molecular weight excluding hydrogens is 1440 g/mol. The van der Waals surface area contributed by atoms with E-state index < -0.39 is 235 Å². The second kappa shape index (κ2) is 37.4. The Bertz CT molecular complexity index is 3270. The average Bonchev–Trinajstić information content (AvgIpc) is 1.69. The minimum absolute atomic E-state index is 0.00620. The number of likely N-dealkylation sites (N-methyl/N-ethyl adjacent to an activating group) is 7. The Hall–Kier alpha value is -7.22. The number of amides is 12. The molecule has 3 aliphatic heterocycles. The molecule has 0 aromatic heterocycles. The second-order valence-corrected chi connectivity index (χ2v) is 33.3. The predicted molar refractivity (Wildman–Crippen MR) is 386 cm³/mol. The number of carbonyl (C=O) groups is 12. The molecule has 3 N–H and O–H groups in total. The molecule has 109 heavy (non-hydrogen) atoms. The molecule has 33 heteroatoms. The van der Waals surface area contributed by atoms with E-state index >= 15 is 47.1 Å². The molecule has 616 valence electrons. The van der Waals surface area contributed by atoms with E-state index in [4.69, 9.17) is 4.74 Å². The number of nitrogens with one attached hydrogen (secondary N) is 3. The predicted octanol–water partition coefficient (Wildman–Crippen LogP) is 6.74. The molecule has 7 aliphatic rings. The summed E-state index contributed by atoms with van der Waals surface area (Å²) < 4.78 is 121. The SMILES string of the molecule is CCO[C@@H]1C[C@H]2C(=O)NC3(CCC3)C(=O)N(C)[C@@H](C3CCCC3)C(=O)N(C)[C@H](C(=O)N(C)C)CC(=O)N(C)[C@@H](CC(C)(C)C)C(=O)N[C@@H]([C@@H](C)CC)C(=O)N(C)CC(=O)N(C)[C@H]3C/C=C\CCN(C3=O)[C@@H](CC3CCC(C(F)(F)F)CC3)C(=O)N(C)CC(=O)N[C@@H](CCC3CC(F)C(C(F)(F)F)C(F)C3)C(=O)N2C1. The number of hydrogen-bond donors (Lipinski definition) is 3. The standard InChI is InChI=1S/C76H118F8N12O13/c1-15-44(3)62-70(106)90(10)43-60(99)91(11)53-25-18-17-21-34-95(69(53)105)56(37-45-26-29-48(30-27-45)75(79,80)81)68(104)89(9)42-58(97)85-52(31-28-46-35-50(77)61(51(78)36-46)76(82,83)84)66(102)96-41-49(109-16-2)38-54(96)65(101)87-74(32-22-33-74)72(108)94(14)63(47-23-19-20-24-47)71(107)93(13)55(67(103)88(7)8)39-59(98)92(12)57(64(100)86-62)40-73(4,5)6/h17-18,44-57,61-63H,15-16,19-43H2,1-14H3,(H,85,97)(H,86,100)(H,87,101)/b18-17-/t44-,45?,46?,48?,49+,50?,51?,52-,53-,54-,55-,56-,57-,61?,62-,63-/m0/s1. The third kappa shape index (κ3) is 21.9. The van der Waals surface area contributed by atoms with Crippen LogP contribution in [0.4, 0.5) is 35.1 Å². The Morgan fingerprint density at radius 1 is 0.642 bits per heavy atom. The highest BCUT2D eigenvalue weighted by atomic mass is 19.4. The van der Waals surface area contributed by atoms with Crippen molar-refractivity contribution in [1.29, 1.82) is 0 Å². The van der Waals surface area contributed by atoms with Gasteiger partial charge in [-0.25, -0.2) is 8.78 Å². The van der Waals surface area contributed by atoms with Crippen molar-refractivity contribution >= 4 is 70.9 Å². The van der Waals surface area contributed by atoms with E-state index in [9.17, 15) is 45.5 Å². The Kier molecular flexibility index (Phi) is 30.5. The molecule has 0 radical (unpaired) electrons. The van der Waals surface area contributed by atoms with Gasteiger partial charge in [0.15, 0.2) is 0 Å². The lowest BCUT2D eigenvalue weighted by molar-refractivity contribution is -0.219. The number of halogens is 8. The van der Waals surface area contributed by atoms with Crippen LogP contribution in [-0.4, -0.2) is 289 Å². The van der Waals surface area contributed by atoms with Crippen LogP contribution in [0.25, 0.3) is 0 Å². The Balaban J connectivity index is 1.33. The van der Waals surface area contributed by atoms with E-state index in [0.717, 1.165) is 29.4 Å². The molecule has 6 fully saturated rings. The molecule has 1 spiro atoms. The molecule has 0 aromatic carbocycles. The van der Waals surface area contributed by atoms with Crippen LogP contribution < -0.4 is 16.0 Å². The normalized spacial score (nSPS) is 31.9. The number of ether oxygens (including phenoxy) is 1. The monoisotopic (exact) mass is 1560 g/mol. The lowest BCUT2D eigenvalue weighted by atomic mass is 9.74. The lowest BCUT2D eigenvalue weighted by Crippen LogP contribution is -2.68. The number of hydrogen-bond acceptors (Lipinski definition) is 13. The molecule has 7 rings (SSSR count). The first-order chi connectivity index (χ1) is 50.9. The van der Waals surface area contributed by atoms with Gasteiger partial charge < -0.3 is 64.8 Å². The summed E-state index contributed by atoms with van der Waals surface area (Å²) in [5.41, 5.74) is -2.36. The summed E-state index contributed by atoms with van der Waals surface area (Å²) >= 11 is 0. The van der Waals surface area contributed by atoms with E-state index in [-0.39, 0.29) is 96.7 Å². The van der Waals surface area contributed by atoms with Gasteiger partial charge in [0.1, 0.15) is 72.1 Å². The zero-order valence-electron chi connectivity index (χ0n) is 65.9. The molecule has 12 amide bonds. The van der Waals surface area contributed by atoms with Crippen LogP contribution in [0.3, 0.4) is 0 Å². The van der Waals surface area contributed by atoms with Crippen molar-refractivity contribution < 1.29 is 97.4 Å². The summed E-state index contributed by atoms with van der Waals surface area (Å²) in [6.45, 7) is 8.73. The summed E-state index contributed by atoms with van der Waals surface area (Å²) in [6.07, 6.45) is -13.3. The van der Waals surface area contributed by atoms with Gasteiger partial charge in [-0.3, -0.25) is 57.5 Å². The zero-order valence-corrected chi connectivity index (χ0v) is 65.9. The van der Waals surface area contributed by atoms with Crippen molar-refractivity contribution in [2.45, 2.75) is 267 Å². The Morgan fingerprint density at radius 2 is 1.26 bits per heavy atom. The summed E-state index contributed by atoms with van der Waals surface area (Å²) in [5, 5.41) is 8.43. The molecule has 2 unspecified atom stereocenters. The fourth-order valence-corrected chi connectivity index (χ4v) is 17.1. The third-order valence-corrected chi connectivity index (χ3v) is 24.0. The van der Waals surface area contributed by atoms with Crippen LogP contribution in [0, 0.1) is 40.9 Å². The van der Waals surface area contributed by atoms with Gasteiger partial charge in [0.05, 0.1) is 31.5 Å². The van der Waals surface area contributed by atoms with Crippen molar-refractivity contribution in [2.24, 2.45) is 40.9 Å². The number of rotatable bonds is 12. The highest BCUT2D eigenvalue weighted by molar-refractivity contribution is 6.01. The van der Waals surface area contributed by atoms with Crippen LogP contribution >= 0.6 is 0 Å². The molecule has 2 bridgehead atoms. The maximum atomic E-state index is 15.5. The fraction of sp³-hybridized carbons (Fsp3) is 0.816. The summed E-state index contributed by atoms with van der Waals surface area (Å²) in [5.74, 6) is -16.9. The molecule has 25 nitrogen and oxygen atoms in total. The van der Waals surface area contributed by atoms with Crippen molar-refractivity contribution in [2.75, 3.05) is 89.2 Å². The summed E-state index contributed by atoms with van der Waals surface area (Å²) in [6, 6.07) is -11.5.